The SMILES string of the molecule is CCc1ccc(C(=O)C(C)N2CCOCC2CO)cc1. The third-order valence-electron chi connectivity index (χ3n) is 4.01. The lowest BCUT2D eigenvalue weighted by atomic mass is 10.0. The van der Waals surface area contributed by atoms with Gasteiger partial charge >= 0.3 is 0 Å². The van der Waals surface area contributed by atoms with Crippen molar-refractivity contribution in [1.29, 1.82) is 0 Å². The zero-order valence-electron chi connectivity index (χ0n) is 12.2. The molecule has 0 saturated carbocycles. The molecular formula is C16H23NO3. The van der Waals surface area contributed by atoms with Gasteiger partial charge in [-0.3, -0.25) is 9.69 Å². The quantitative estimate of drug-likeness (QED) is 0.829. The fourth-order valence-electron chi connectivity index (χ4n) is 2.63. The first-order chi connectivity index (χ1) is 9.67. The van der Waals surface area contributed by atoms with Crippen molar-refractivity contribution in [3.8, 4) is 0 Å². The molecule has 0 radical (unpaired) electrons. The van der Waals surface area contributed by atoms with E-state index in [1.807, 2.05) is 36.1 Å². The number of benzene rings is 1. The van der Waals surface area contributed by atoms with Gasteiger partial charge in [-0.25, -0.2) is 0 Å². The highest BCUT2D eigenvalue weighted by molar-refractivity contribution is 5.99. The van der Waals surface area contributed by atoms with Crippen LogP contribution in [0.25, 0.3) is 0 Å². The third-order valence-corrected chi connectivity index (χ3v) is 4.01. The Morgan fingerprint density at radius 2 is 2.15 bits per heavy atom. The predicted molar refractivity (Wildman–Crippen MR) is 78.0 cm³/mol. The van der Waals surface area contributed by atoms with Gasteiger partial charge in [-0.05, 0) is 18.9 Å². The van der Waals surface area contributed by atoms with E-state index in [1.165, 1.54) is 5.56 Å². The smallest absolute Gasteiger partial charge is 0.179 e. The Labute approximate surface area is 120 Å². The lowest BCUT2D eigenvalue weighted by Crippen LogP contribution is -2.53. The van der Waals surface area contributed by atoms with Crippen LogP contribution in [-0.2, 0) is 11.2 Å². The molecule has 2 rings (SSSR count). The summed E-state index contributed by atoms with van der Waals surface area (Å²) in [7, 11) is 0. The number of Topliss-reactive ketones (excluding diaryl/α,β-unsaturated/α-hetero) is 1. The van der Waals surface area contributed by atoms with Crippen molar-refractivity contribution in [3.05, 3.63) is 35.4 Å². The van der Waals surface area contributed by atoms with Gasteiger partial charge in [0.15, 0.2) is 5.78 Å². The van der Waals surface area contributed by atoms with Crippen LogP contribution in [0.4, 0.5) is 0 Å². The van der Waals surface area contributed by atoms with Gasteiger partial charge in [-0.2, -0.15) is 0 Å². The minimum atomic E-state index is -0.233. The maximum absolute atomic E-state index is 12.5. The van der Waals surface area contributed by atoms with E-state index in [9.17, 15) is 9.90 Å². The van der Waals surface area contributed by atoms with Crippen molar-refractivity contribution in [1.82, 2.24) is 4.90 Å². The summed E-state index contributed by atoms with van der Waals surface area (Å²) < 4.78 is 5.36. The molecule has 4 heteroatoms. The molecule has 110 valence electrons. The molecule has 0 bridgehead atoms. The van der Waals surface area contributed by atoms with Gasteiger partial charge in [-0.15, -0.1) is 0 Å². The molecule has 1 aromatic carbocycles. The Kier molecular flexibility index (Phi) is 5.29. The van der Waals surface area contributed by atoms with Gasteiger partial charge in [0.2, 0.25) is 0 Å². The molecule has 4 nitrogen and oxygen atoms in total. The summed E-state index contributed by atoms with van der Waals surface area (Å²) in [6, 6.07) is 7.48. The monoisotopic (exact) mass is 277 g/mol. The Balaban J connectivity index is 2.10. The normalized spacial score (nSPS) is 21.6. The van der Waals surface area contributed by atoms with Crippen LogP contribution < -0.4 is 0 Å². The van der Waals surface area contributed by atoms with Gasteiger partial charge in [-0.1, -0.05) is 31.2 Å². The molecule has 1 aliphatic heterocycles. The number of ether oxygens (including phenoxy) is 1. The van der Waals surface area contributed by atoms with E-state index in [0.29, 0.717) is 19.8 Å². The average Bonchev–Trinajstić information content (AvgIpc) is 2.53. The van der Waals surface area contributed by atoms with Crippen LogP contribution in [0.2, 0.25) is 0 Å². The number of nitrogens with zero attached hydrogens (tertiary/aromatic N) is 1. The summed E-state index contributed by atoms with van der Waals surface area (Å²) in [5, 5.41) is 9.40. The molecule has 1 aromatic rings. The van der Waals surface area contributed by atoms with Crippen molar-refractivity contribution < 1.29 is 14.6 Å². The van der Waals surface area contributed by atoms with Crippen LogP contribution in [0.1, 0.15) is 29.8 Å². The second kappa shape index (κ2) is 6.97. The van der Waals surface area contributed by atoms with Crippen LogP contribution in [0, 0.1) is 0 Å². The van der Waals surface area contributed by atoms with Crippen LogP contribution in [0.3, 0.4) is 0 Å². The highest BCUT2D eigenvalue weighted by Crippen LogP contribution is 2.16. The minimum Gasteiger partial charge on any atom is -0.395 e. The fourth-order valence-corrected chi connectivity index (χ4v) is 2.63. The first-order valence-electron chi connectivity index (χ1n) is 7.24. The average molecular weight is 277 g/mol. The van der Waals surface area contributed by atoms with E-state index >= 15 is 0 Å². The van der Waals surface area contributed by atoms with Crippen LogP contribution in [-0.4, -0.2) is 54.2 Å². The first kappa shape index (κ1) is 15.2. The molecular weight excluding hydrogens is 254 g/mol. The fraction of sp³-hybridized carbons (Fsp3) is 0.562. The lowest BCUT2D eigenvalue weighted by molar-refractivity contribution is -0.0390. The zero-order chi connectivity index (χ0) is 14.5. The Morgan fingerprint density at radius 3 is 2.75 bits per heavy atom. The van der Waals surface area contributed by atoms with E-state index in [4.69, 9.17) is 4.74 Å². The first-order valence-corrected chi connectivity index (χ1v) is 7.24. The maximum Gasteiger partial charge on any atom is 0.179 e. The molecule has 1 N–H and O–H groups in total. The minimum absolute atomic E-state index is 0.0202. The maximum atomic E-state index is 12.5. The standard InChI is InChI=1S/C16H23NO3/c1-3-13-4-6-14(7-5-13)16(19)12(2)17-8-9-20-11-15(17)10-18/h4-7,12,15,18H,3,8-11H2,1-2H3. The highest BCUT2D eigenvalue weighted by Gasteiger charge is 2.30. The summed E-state index contributed by atoms with van der Waals surface area (Å²) in [6.07, 6.45) is 0.972. The molecule has 0 aromatic heterocycles. The molecule has 1 saturated heterocycles. The summed E-state index contributed by atoms with van der Waals surface area (Å²) in [5.41, 5.74) is 1.96. The molecule has 1 aliphatic rings. The van der Waals surface area contributed by atoms with Crippen LogP contribution in [0.15, 0.2) is 24.3 Å². The summed E-state index contributed by atoms with van der Waals surface area (Å²) >= 11 is 0. The number of aliphatic hydroxyl groups is 1. The molecule has 20 heavy (non-hydrogen) atoms. The van der Waals surface area contributed by atoms with E-state index < -0.39 is 0 Å². The predicted octanol–water partition coefficient (Wildman–Crippen LogP) is 1.51. The van der Waals surface area contributed by atoms with Gasteiger partial charge in [0.05, 0.1) is 31.9 Å². The number of aryl methyl sites for hydroxylation is 1. The van der Waals surface area contributed by atoms with Gasteiger partial charge in [0.25, 0.3) is 0 Å². The number of ketones is 1. The van der Waals surface area contributed by atoms with Crippen LogP contribution >= 0.6 is 0 Å². The van der Waals surface area contributed by atoms with E-state index in [1.54, 1.807) is 0 Å². The summed E-state index contributed by atoms with van der Waals surface area (Å²) in [5.74, 6) is 0.105. The number of aliphatic hydroxyl groups excluding tert-OH is 1. The number of hydrogen-bond donors (Lipinski definition) is 1. The second-order valence-electron chi connectivity index (χ2n) is 5.24. The molecule has 2 atom stereocenters. The Morgan fingerprint density at radius 1 is 1.45 bits per heavy atom. The molecule has 1 fully saturated rings. The Hall–Kier alpha value is -1.23. The topological polar surface area (TPSA) is 49.8 Å². The zero-order valence-corrected chi connectivity index (χ0v) is 12.2. The number of carbonyl (C=O) groups excluding carboxylic acids is 1. The summed E-state index contributed by atoms with van der Waals surface area (Å²) in [4.78, 5) is 14.6. The number of rotatable bonds is 5. The van der Waals surface area contributed by atoms with Crippen molar-refractivity contribution in [2.45, 2.75) is 32.4 Å². The van der Waals surface area contributed by atoms with Gasteiger partial charge < -0.3 is 9.84 Å². The van der Waals surface area contributed by atoms with Gasteiger partial charge in [0, 0.05) is 12.1 Å². The van der Waals surface area contributed by atoms with Crippen molar-refractivity contribution in [2.75, 3.05) is 26.4 Å². The molecule has 0 aliphatic carbocycles. The largest absolute Gasteiger partial charge is 0.395 e. The van der Waals surface area contributed by atoms with Crippen molar-refractivity contribution >= 4 is 5.78 Å². The van der Waals surface area contributed by atoms with E-state index in [0.717, 1.165) is 12.0 Å². The van der Waals surface area contributed by atoms with Crippen molar-refractivity contribution in [2.24, 2.45) is 0 Å². The van der Waals surface area contributed by atoms with Crippen molar-refractivity contribution in [3.63, 3.8) is 0 Å². The molecule has 1 heterocycles. The number of hydrogen-bond acceptors (Lipinski definition) is 4. The van der Waals surface area contributed by atoms with Gasteiger partial charge in [0.1, 0.15) is 0 Å². The lowest BCUT2D eigenvalue weighted by Gasteiger charge is -2.38. The van der Waals surface area contributed by atoms with Crippen LogP contribution in [0.5, 0.6) is 0 Å². The molecule has 0 spiro atoms. The highest BCUT2D eigenvalue weighted by atomic mass is 16.5. The second-order valence-corrected chi connectivity index (χ2v) is 5.24. The number of morpholine rings is 1. The van der Waals surface area contributed by atoms with E-state index in [-0.39, 0.29) is 24.5 Å². The summed E-state index contributed by atoms with van der Waals surface area (Å²) in [6.45, 7) is 5.81. The molecule has 2 unspecified atom stereocenters. The molecule has 0 amide bonds. The Bertz CT molecular complexity index is 444. The number of carbonyl (C=O) groups is 1. The third kappa shape index (κ3) is 3.26. The van der Waals surface area contributed by atoms with E-state index in [2.05, 4.69) is 6.92 Å².